The van der Waals surface area contributed by atoms with Crippen LogP contribution in [0.4, 0.5) is 0 Å². The summed E-state index contributed by atoms with van der Waals surface area (Å²) in [5, 5.41) is 0.682. The van der Waals surface area contributed by atoms with Crippen LogP contribution >= 0.6 is 11.6 Å². The van der Waals surface area contributed by atoms with Crippen molar-refractivity contribution in [2.75, 3.05) is 53.6 Å². The SMILES string of the molecule is CN(C)CCOCC1=CCC2OCCN(C(=O)Cc3ccc(Cl)cc3)CC2=C1. The molecule has 1 aliphatic carbocycles. The number of likely N-dealkylation sites (N-methyl/N-ethyl adjacent to an activating group) is 1. The second kappa shape index (κ2) is 10.2. The molecule has 1 atom stereocenters. The molecule has 0 radical (unpaired) electrons. The van der Waals surface area contributed by atoms with Crippen molar-refractivity contribution < 1.29 is 14.3 Å². The van der Waals surface area contributed by atoms with Gasteiger partial charge in [-0.05, 0) is 49.4 Å². The lowest BCUT2D eigenvalue weighted by atomic mass is 9.96. The van der Waals surface area contributed by atoms with E-state index in [2.05, 4.69) is 17.1 Å². The largest absolute Gasteiger partial charge is 0.375 e. The molecule has 0 spiro atoms. The second-order valence-corrected chi connectivity index (χ2v) is 8.00. The lowest BCUT2D eigenvalue weighted by molar-refractivity contribution is -0.130. The third kappa shape index (κ3) is 6.17. The highest BCUT2D eigenvalue weighted by molar-refractivity contribution is 6.30. The summed E-state index contributed by atoms with van der Waals surface area (Å²) in [5.41, 5.74) is 3.31. The fraction of sp³-hybridized carbons (Fsp3) is 0.500. The van der Waals surface area contributed by atoms with Crippen LogP contribution in [0.5, 0.6) is 0 Å². The van der Waals surface area contributed by atoms with E-state index in [0.717, 1.165) is 24.1 Å². The molecular formula is C22H29ClN2O3. The molecule has 6 heteroatoms. The van der Waals surface area contributed by atoms with Gasteiger partial charge in [0.15, 0.2) is 0 Å². The first-order valence-corrected chi connectivity index (χ1v) is 10.1. The van der Waals surface area contributed by atoms with Crippen molar-refractivity contribution >= 4 is 17.5 Å². The van der Waals surface area contributed by atoms with E-state index in [1.807, 2.05) is 43.3 Å². The van der Waals surface area contributed by atoms with Gasteiger partial charge >= 0.3 is 0 Å². The zero-order valence-electron chi connectivity index (χ0n) is 16.7. The van der Waals surface area contributed by atoms with Crippen molar-refractivity contribution in [1.29, 1.82) is 0 Å². The van der Waals surface area contributed by atoms with Gasteiger partial charge in [-0.15, -0.1) is 0 Å². The van der Waals surface area contributed by atoms with E-state index in [9.17, 15) is 4.79 Å². The molecule has 1 unspecified atom stereocenters. The average Bonchev–Trinajstić information content (AvgIpc) is 2.89. The summed E-state index contributed by atoms with van der Waals surface area (Å²) in [6.07, 6.45) is 5.63. The predicted octanol–water partition coefficient (Wildman–Crippen LogP) is 2.94. The number of hydrogen-bond donors (Lipinski definition) is 0. The van der Waals surface area contributed by atoms with Crippen molar-refractivity contribution in [3.8, 4) is 0 Å². The van der Waals surface area contributed by atoms with Crippen LogP contribution in [0.1, 0.15) is 12.0 Å². The average molecular weight is 405 g/mol. The minimum absolute atomic E-state index is 0.0684. The first-order valence-electron chi connectivity index (χ1n) is 9.77. The van der Waals surface area contributed by atoms with Crippen molar-refractivity contribution in [1.82, 2.24) is 9.80 Å². The summed E-state index contributed by atoms with van der Waals surface area (Å²) >= 11 is 5.93. The molecule has 1 fully saturated rings. The van der Waals surface area contributed by atoms with Crippen LogP contribution in [0, 0.1) is 0 Å². The Morgan fingerprint density at radius 2 is 2.11 bits per heavy atom. The van der Waals surface area contributed by atoms with Gasteiger partial charge in [0.25, 0.3) is 0 Å². The molecule has 0 N–H and O–H groups in total. The normalized spacial score (nSPS) is 19.7. The van der Waals surface area contributed by atoms with Gasteiger partial charge < -0.3 is 19.3 Å². The van der Waals surface area contributed by atoms with E-state index in [-0.39, 0.29) is 12.0 Å². The molecule has 0 saturated carbocycles. The van der Waals surface area contributed by atoms with E-state index < -0.39 is 0 Å². The van der Waals surface area contributed by atoms with Crippen LogP contribution in [0.3, 0.4) is 0 Å². The number of nitrogens with zero attached hydrogens (tertiary/aromatic N) is 2. The second-order valence-electron chi connectivity index (χ2n) is 7.57. The first kappa shape index (κ1) is 21.1. The topological polar surface area (TPSA) is 42.0 Å². The van der Waals surface area contributed by atoms with Gasteiger partial charge in [0, 0.05) is 24.7 Å². The van der Waals surface area contributed by atoms with E-state index in [1.165, 1.54) is 5.57 Å². The number of carbonyl (C=O) groups is 1. The Labute approximate surface area is 172 Å². The molecule has 5 nitrogen and oxygen atoms in total. The van der Waals surface area contributed by atoms with E-state index >= 15 is 0 Å². The molecule has 1 amide bonds. The maximum Gasteiger partial charge on any atom is 0.227 e. The fourth-order valence-electron chi connectivity index (χ4n) is 3.37. The maximum absolute atomic E-state index is 12.8. The molecule has 28 heavy (non-hydrogen) atoms. The predicted molar refractivity (Wildman–Crippen MR) is 112 cm³/mol. The van der Waals surface area contributed by atoms with E-state index in [0.29, 0.717) is 44.4 Å². The van der Waals surface area contributed by atoms with Gasteiger partial charge in [0.2, 0.25) is 5.91 Å². The highest BCUT2D eigenvalue weighted by Crippen LogP contribution is 2.24. The standard InChI is InChI=1S/C22H29ClN2O3/c1-24(2)9-11-27-16-18-5-8-21-19(13-18)15-25(10-12-28-21)22(26)14-17-3-6-20(23)7-4-17/h3-7,13,21H,8-12,14-16H2,1-2H3. The first-order chi connectivity index (χ1) is 13.5. The van der Waals surface area contributed by atoms with Crippen LogP contribution in [0.25, 0.3) is 0 Å². The molecule has 1 aromatic rings. The molecule has 0 bridgehead atoms. The lowest BCUT2D eigenvalue weighted by Gasteiger charge is -2.24. The Balaban J connectivity index is 1.58. The number of amides is 1. The minimum Gasteiger partial charge on any atom is -0.375 e. The van der Waals surface area contributed by atoms with Crippen LogP contribution < -0.4 is 0 Å². The molecule has 1 heterocycles. The quantitative estimate of drug-likeness (QED) is 0.655. The number of benzene rings is 1. The van der Waals surface area contributed by atoms with Crippen LogP contribution in [0.2, 0.25) is 5.02 Å². The lowest BCUT2D eigenvalue weighted by Crippen LogP contribution is -2.35. The van der Waals surface area contributed by atoms with Crippen molar-refractivity contribution in [2.24, 2.45) is 0 Å². The summed E-state index contributed by atoms with van der Waals surface area (Å²) < 4.78 is 11.8. The summed E-state index contributed by atoms with van der Waals surface area (Å²) in [6, 6.07) is 7.46. The van der Waals surface area contributed by atoms with Crippen LogP contribution in [0.15, 0.2) is 47.6 Å². The summed E-state index contributed by atoms with van der Waals surface area (Å²) in [4.78, 5) is 16.8. The zero-order chi connectivity index (χ0) is 19.9. The maximum atomic E-state index is 12.8. The van der Waals surface area contributed by atoms with Gasteiger partial charge in [-0.25, -0.2) is 0 Å². The Hall–Kier alpha value is -1.66. The number of ether oxygens (including phenoxy) is 2. The van der Waals surface area contributed by atoms with Crippen molar-refractivity contribution in [3.63, 3.8) is 0 Å². The molecule has 152 valence electrons. The van der Waals surface area contributed by atoms with Crippen LogP contribution in [-0.4, -0.2) is 75.4 Å². The van der Waals surface area contributed by atoms with Gasteiger partial charge in [0.05, 0.1) is 32.3 Å². The third-order valence-corrected chi connectivity index (χ3v) is 5.26. The molecular weight excluding hydrogens is 376 g/mol. The molecule has 3 rings (SSSR count). The van der Waals surface area contributed by atoms with Gasteiger partial charge in [-0.1, -0.05) is 35.9 Å². The van der Waals surface area contributed by atoms with Crippen molar-refractivity contribution in [3.05, 3.63) is 58.1 Å². The van der Waals surface area contributed by atoms with Crippen molar-refractivity contribution in [2.45, 2.75) is 18.9 Å². The number of hydrogen-bond acceptors (Lipinski definition) is 4. The molecule has 1 saturated heterocycles. The summed E-state index contributed by atoms with van der Waals surface area (Å²) in [5.74, 6) is 0.116. The van der Waals surface area contributed by atoms with E-state index in [4.69, 9.17) is 21.1 Å². The van der Waals surface area contributed by atoms with Gasteiger partial charge in [-0.2, -0.15) is 0 Å². The monoisotopic (exact) mass is 404 g/mol. The molecule has 0 aromatic heterocycles. The van der Waals surface area contributed by atoms with Gasteiger partial charge in [0.1, 0.15) is 0 Å². The van der Waals surface area contributed by atoms with Crippen LogP contribution in [-0.2, 0) is 20.7 Å². The summed E-state index contributed by atoms with van der Waals surface area (Å²) in [7, 11) is 4.07. The Kier molecular flexibility index (Phi) is 7.68. The number of fused-ring (bicyclic) bond motifs is 1. The third-order valence-electron chi connectivity index (χ3n) is 5.01. The minimum atomic E-state index is 0.0684. The fourth-order valence-corrected chi connectivity index (χ4v) is 3.49. The highest BCUT2D eigenvalue weighted by Gasteiger charge is 2.26. The smallest absolute Gasteiger partial charge is 0.227 e. The number of rotatable bonds is 7. The highest BCUT2D eigenvalue weighted by atomic mass is 35.5. The Bertz CT molecular complexity index is 728. The summed E-state index contributed by atoms with van der Waals surface area (Å²) in [6.45, 7) is 4.02. The molecule has 2 aliphatic rings. The number of halogens is 1. The van der Waals surface area contributed by atoms with E-state index in [1.54, 1.807) is 0 Å². The Morgan fingerprint density at radius 3 is 2.86 bits per heavy atom. The number of carbonyl (C=O) groups excluding carboxylic acids is 1. The van der Waals surface area contributed by atoms with Gasteiger partial charge in [-0.3, -0.25) is 4.79 Å². The Morgan fingerprint density at radius 1 is 1.32 bits per heavy atom. The molecule has 1 aliphatic heterocycles. The zero-order valence-corrected chi connectivity index (χ0v) is 17.5. The molecule has 1 aromatic carbocycles.